The molecule has 0 atom stereocenters. The van der Waals surface area contributed by atoms with E-state index in [1.54, 1.807) is 0 Å². The number of hydrogen-bond donors (Lipinski definition) is 1. The van der Waals surface area contributed by atoms with Gasteiger partial charge in [0.05, 0.1) is 0 Å². The molecule has 0 radical (unpaired) electrons. The standard InChI is InChI=1S/C32H65NO/c1-3-5-7-9-11-13-15-17-19-21-23-25-27-29-31-32(33-34)30-28-26-24-22-20-18-16-14-12-10-8-6-4-2/h33H,3-31H2,1-2H3. The number of unbranched alkanes of at least 4 members (excludes halogenated alkanes) is 25. The average Bonchev–Trinajstić information content (AvgIpc) is 2.85. The van der Waals surface area contributed by atoms with Crippen LogP contribution in [-0.4, -0.2) is 5.71 Å². The van der Waals surface area contributed by atoms with Crippen molar-refractivity contribution in [3.8, 4) is 0 Å². The first kappa shape index (κ1) is 33.5. The molecule has 0 saturated carbocycles. The van der Waals surface area contributed by atoms with Crippen molar-refractivity contribution in [3.63, 3.8) is 0 Å². The van der Waals surface area contributed by atoms with Crippen molar-refractivity contribution in [2.45, 2.75) is 200 Å². The van der Waals surface area contributed by atoms with Gasteiger partial charge in [-0.1, -0.05) is 174 Å². The van der Waals surface area contributed by atoms with E-state index in [0.29, 0.717) is 0 Å². The van der Waals surface area contributed by atoms with Crippen LogP contribution in [0.3, 0.4) is 0 Å². The maximum Gasteiger partial charge on any atom is 0.161 e. The van der Waals surface area contributed by atoms with Crippen molar-refractivity contribution in [1.29, 1.82) is 0 Å². The fraction of sp³-hybridized carbons (Fsp3) is 0.969. The average molecular weight is 480 g/mol. The van der Waals surface area contributed by atoms with Gasteiger partial charge in [-0.2, -0.15) is 0 Å². The summed E-state index contributed by atoms with van der Waals surface area (Å²) >= 11 is 0. The number of nitrogens with one attached hydrogen (secondary N) is 1. The molecule has 0 aliphatic rings. The second kappa shape index (κ2) is 30.5. The van der Waals surface area contributed by atoms with Gasteiger partial charge in [-0.15, -0.1) is 0 Å². The van der Waals surface area contributed by atoms with Gasteiger partial charge in [-0.05, 0) is 12.8 Å². The van der Waals surface area contributed by atoms with E-state index in [-0.39, 0.29) is 0 Å². The molecule has 0 aromatic heterocycles. The molecule has 0 spiro atoms. The predicted molar refractivity (Wildman–Crippen MR) is 155 cm³/mol. The van der Waals surface area contributed by atoms with Crippen molar-refractivity contribution >= 4 is 5.71 Å². The van der Waals surface area contributed by atoms with Gasteiger partial charge in [0, 0.05) is 12.8 Å². The summed E-state index contributed by atoms with van der Waals surface area (Å²) in [7, 11) is 0. The first-order valence-electron chi connectivity index (χ1n) is 16.1. The summed E-state index contributed by atoms with van der Waals surface area (Å²) in [6.07, 6.45) is 39.5. The second-order valence-corrected chi connectivity index (χ2v) is 11.0. The van der Waals surface area contributed by atoms with Gasteiger partial charge in [0.1, 0.15) is 0 Å². The number of rotatable bonds is 29. The molecule has 0 fully saturated rings. The predicted octanol–water partition coefficient (Wildman–Crippen LogP) is 10.4. The van der Waals surface area contributed by atoms with E-state index < -0.39 is 0 Å². The highest BCUT2D eigenvalue weighted by atomic mass is 16.4. The van der Waals surface area contributed by atoms with E-state index in [2.05, 4.69) is 19.0 Å². The smallest absolute Gasteiger partial charge is 0.161 e. The summed E-state index contributed by atoms with van der Waals surface area (Å²) in [6, 6.07) is 0. The molecule has 0 saturated heterocycles. The van der Waals surface area contributed by atoms with E-state index in [0.717, 1.165) is 18.6 Å². The SMILES string of the molecule is CCCCCCCCCCCCCCCCC(CCCCCCCCCCCCCCC)=[NH+][O-]. The maximum atomic E-state index is 11.3. The Morgan fingerprint density at radius 2 is 0.559 bits per heavy atom. The summed E-state index contributed by atoms with van der Waals surface area (Å²) in [4.78, 5) is 0. The van der Waals surface area contributed by atoms with Crippen molar-refractivity contribution < 1.29 is 5.16 Å². The Labute approximate surface area is 216 Å². The van der Waals surface area contributed by atoms with Crippen LogP contribution in [0.25, 0.3) is 0 Å². The first-order valence-corrected chi connectivity index (χ1v) is 16.1. The number of hydrogen-bond acceptors (Lipinski definition) is 1. The van der Waals surface area contributed by atoms with E-state index in [9.17, 15) is 5.21 Å². The molecule has 2 heteroatoms. The van der Waals surface area contributed by atoms with Crippen molar-refractivity contribution in [1.82, 2.24) is 0 Å². The van der Waals surface area contributed by atoms with E-state index >= 15 is 0 Å². The lowest BCUT2D eigenvalue weighted by molar-refractivity contribution is -0.376. The molecular weight excluding hydrogens is 414 g/mol. The molecule has 0 aromatic rings. The van der Waals surface area contributed by atoms with Crippen LogP contribution in [0.15, 0.2) is 0 Å². The highest BCUT2D eigenvalue weighted by Gasteiger charge is 2.04. The molecule has 204 valence electrons. The summed E-state index contributed by atoms with van der Waals surface area (Å²) < 4.78 is 0. The van der Waals surface area contributed by atoms with Gasteiger partial charge < -0.3 is 5.21 Å². The monoisotopic (exact) mass is 480 g/mol. The Balaban J connectivity index is 3.28. The van der Waals surface area contributed by atoms with Gasteiger partial charge in [-0.3, -0.25) is 0 Å². The Morgan fingerprint density at radius 1 is 0.353 bits per heavy atom. The molecule has 0 aromatic carbocycles. The molecule has 0 aliphatic carbocycles. The van der Waals surface area contributed by atoms with Crippen molar-refractivity contribution in [2.75, 3.05) is 0 Å². The van der Waals surface area contributed by atoms with Gasteiger partial charge >= 0.3 is 0 Å². The van der Waals surface area contributed by atoms with Crippen LogP contribution in [0.4, 0.5) is 0 Å². The largest absolute Gasteiger partial charge is 0.625 e. The molecule has 0 unspecified atom stereocenters. The van der Waals surface area contributed by atoms with Crippen LogP contribution in [0.2, 0.25) is 0 Å². The van der Waals surface area contributed by atoms with Crippen molar-refractivity contribution in [2.24, 2.45) is 0 Å². The quantitative estimate of drug-likeness (QED) is 0.0492. The molecular formula is C32H65NO. The van der Waals surface area contributed by atoms with E-state index in [1.165, 1.54) is 173 Å². The molecule has 1 N–H and O–H groups in total. The topological polar surface area (TPSA) is 37.0 Å². The summed E-state index contributed by atoms with van der Waals surface area (Å²) in [5.74, 6) is 0. The second-order valence-electron chi connectivity index (χ2n) is 11.0. The Hall–Kier alpha value is -0.530. The lowest BCUT2D eigenvalue weighted by Crippen LogP contribution is -2.65. The van der Waals surface area contributed by atoms with Crippen molar-refractivity contribution in [3.05, 3.63) is 5.21 Å². The third kappa shape index (κ3) is 27.7. The molecule has 0 aliphatic heterocycles. The molecule has 0 bridgehead atoms. The zero-order valence-electron chi connectivity index (χ0n) is 23.9. The van der Waals surface area contributed by atoms with E-state index in [4.69, 9.17) is 0 Å². The minimum atomic E-state index is 1.000. The van der Waals surface area contributed by atoms with Gasteiger partial charge in [0.25, 0.3) is 0 Å². The third-order valence-corrected chi connectivity index (χ3v) is 7.56. The Bertz CT molecular complexity index is 392. The van der Waals surface area contributed by atoms with Crippen LogP contribution in [0.1, 0.15) is 200 Å². The molecule has 34 heavy (non-hydrogen) atoms. The summed E-state index contributed by atoms with van der Waals surface area (Å²) in [6.45, 7) is 4.58. The Morgan fingerprint density at radius 3 is 0.765 bits per heavy atom. The zero-order valence-corrected chi connectivity index (χ0v) is 23.9. The molecule has 0 amide bonds. The van der Waals surface area contributed by atoms with Gasteiger partial charge in [-0.25, -0.2) is 5.16 Å². The maximum absolute atomic E-state index is 11.3. The minimum absolute atomic E-state index is 1.000. The van der Waals surface area contributed by atoms with Crippen LogP contribution in [0, 0.1) is 5.21 Å². The highest BCUT2D eigenvalue weighted by Crippen LogP contribution is 2.15. The Kier molecular flexibility index (Phi) is 30.0. The van der Waals surface area contributed by atoms with Crippen LogP contribution >= 0.6 is 0 Å². The van der Waals surface area contributed by atoms with Gasteiger partial charge in [0.15, 0.2) is 5.71 Å². The van der Waals surface area contributed by atoms with Gasteiger partial charge in [0.2, 0.25) is 0 Å². The summed E-state index contributed by atoms with van der Waals surface area (Å²) in [5, 5.41) is 13.5. The molecule has 0 heterocycles. The zero-order chi connectivity index (χ0) is 24.8. The minimum Gasteiger partial charge on any atom is -0.625 e. The first-order chi connectivity index (χ1) is 16.8. The van der Waals surface area contributed by atoms with Crippen LogP contribution in [0.5, 0.6) is 0 Å². The van der Waals surface area contributed by atoms with Crippen LogP contribution < -0.4 is 5.16 Å². The van der Waals surface area contributed by atoms with E-state index in [1.807, 2.05) is 0 Å². The molecule has 2 nitrogen and oxygen atoms in total. The molecule has 0 rings (SSSR count). The fourth-order valence-electron chi connectivity index (χ4n) is 5.12. The third-order valence-electron chi connectivity index (χ3n) is 7.56. The highest BCUT2D eigenvalue weighted by molar-refractivity contribution is 5.78. The van der Waals surface area contributed by atoms with Crippen LogP contribution in [-0.2, 0) is 0 Å². The fourth-order valence-corrected chi connectivity index (χ4v) is 5.12. The lowest BCUT2D eigenvalue weighted by atomic mass is 10.0. The summed E-state index contributed by atoms with van der Waals surface area (Å²) in [5.41, 5.74) is 1.06. The normalized spacial score (nSPS) is 12.0. The lowest BCUT2D eigenvalue weighted by Gasteiger charge is -2.05.